The molecule has 0 saturated carbocycles. The van der Waals surface area contributed by atoms with E-state index in [0.717, 1.165) is 11.6 Å². The molecule has 2 heterocycles. The molecule has 3 aromatic rings. The van der Waals surface area contributed by atoms with E-state index < -0.39 is 15.8 Å². The first kappa shape index (κ1) is 20.6. The molecule has 1 aromatic carbocycles. The van der Waals surface area contributed by atoms with Gasteiger partial charge in [-0.25, -0.2) is 32.5 Å². The van der Waals surface area contributed by atoms with Crippen molar-refractivity contribution in [1.82, 2.24) is 19.7 Å². The Morgan fingerprint density at radius 3 is 2.52 bits per heavy atom. The summed E-state index contributed by atoms with van der Waals surface area (Å²) in [4.78, 5) is 12.7. The van der Waals surface area contributed by atoms with E-state index in [-0.39, 0.29) is 18.0 Å². The maximum absolute atomic E-state index is 13.2. The normalized spacial score (nSPS) is 11.3. The molecule has 0 saturated heterocycles. The summed E-state index contributed by atoms with van der Waals surface area (Å²) >= 11 is 0. The van der Waals surface area contributed by atoms with Crippen molar-refractivity contribution in [3.8, 4) is 0 Å². The van der Waals surface area contributed by atoms with Crippen LogP contribution in [0.3, 0.4) is 0 Å². The van der Waals surface area contributed by atoms with Crippen molar-refractivity contribution in [3.05, 3.63) is 65.9 Å². The van der Waals surface area contributed by atoms with Crippen LogP contribution in [-0.2, 0) is 10.0 Å². The van der Waals surface area contributed by atoms with E-state index >= 15 is 0 Å². The van der Waals surface area contributed by atoms with Crippen LogP contribution in [0.4, 0.5) is 21.8 Å². The minimum Gasteiger partial charge on any atom is -0.369 e. The predicted molar refractivity (Wildman–Crippen MR) is 109 cm³/mol. The van der Waals surface area contributed by atoms with Gasteiger partial charge in [0.25, 0.3) is 0 Å². The molecule has 0 fully saturated rings. The van der Waals surface area contributed by atoms with Gasteiger partial charge < -0.3 is 10.6 Å². The third-order valence-electron chi connectivity index (χ3n) is 3.84. The van der Waals surface area contributed by atoms with Gasteiger partial charge in [0.15, 0.2) is 0 Å². The van der Waals surface area contributed by atoms with Crippen LogP contribution in [0.15, 0.2) is 53.6 Å². The van der Waals surface area contributed by atoms with Crippen LogP contribution in [0.5, 0.6) is 0 Å². The quantitative estimate of drug-likeness (QED) is 0.485. The molecular formula is C19H21FN6O2S. The molecule has 0 radical (unpaired) electrons. The number of nitrogens with one attached hydrogen (secondary N) is 3. The summed E-state index contributed by atoms with van der Waals surface area (Å²) in [5.74, 6) is 1.71. The molecule has 0 atom stereocenters. The lowest BCUT2D eigenvalue weighted by Gasteiger charge is -2.11. The number of benzene rings is 1. The lowest BCUT2D eigenvalue weighted by atomic mass is 10.3. The molecule has 3 N–H and O–H groups in total. The molecule has 0 aliphatic carbocycles. The van der Waals surface area contributed by atoms with Crippen molar-refractivity contribution >= 4 is 27.5 Å². The van der Waals surface area contributed by atoms with Gasteiger partial charge in [0.2, 0.25) is 10.0 Å². The van der Waals surface area contributed by atoms with Gasteiger partial charge in [-0.3, -0.25) is 0 Å². The molecular weight excluding hydrogens is 395 g/mol. The molecule has 0 unspecified atom stereocenters. The zero-order chi connectivity index (χ0) is 20.9. The first-order chi connectivity index (χ1) is 13.8. The van der Waals surface area contributed by atoms with Gasteiger partial charge in [-0.15, -0.1) is 0 Å². The fraction of sp³-hybridized carbons (Fsp3) is 0.211. The highest BCUT2D eigenvalue weighted by Gasteiger charge is 2.13. The van der Waals surface area contributed by atoms with Crippen molar-refractivity contribution < 1.29 is 12.8 Å². The number of rotatable bonds is 8. The van der Waals surface area contributed by atoms with Crippen LogP contribution >= 0.6 is 0 Å². The highest BCUT2D eigenvalue weighted by molar-refractivity contribution is 7.89. The summed E-state index contributed by atoms with van der Waals surface area (Å²) in [5, 5.41) is 6.16. The highest BCUT2D eigenvalue weighted by Crippen LogP contribution is 2.16. The number of anilines is 3. The number of pyridine rings is 1. The van der Waals surface area contributed by atoms with E-state index in [4.69, 9.17) is 0 Å². The molecule has 3 rings (SSSR count). The summed E-state index contributed by atoms with van der Waals surface area (Å²) in [6, 6.07) is 10.3. The monoisotopic (exact) mass is 416 g/mol. The number of aromatic nitrogens is 3. The number of aryl methyl sites for hydroxylation is 2. The Labute approximate surface area is 168 Å². The largest absolute Gasteiger partial charge is 0.369 e. The average Bonchev–Trinajstić information content (AvgIpc) is 2.65. The molecule has 29 heavy (non-hydrogen) atoms. The molecule has 0 amide bonds. The fourth-order valence-electron chi connectivity index (χ4n) is 2.55. The Bertz CT molecular complexity index is 1110. The number of hydrogen-bond donors (Lipinski definition) is 3. The van der Waals surface area contributed by atoms with Gasteiger partial charge >= 0.3 is 0 Å². The zero-order valence-corrected chi connectivity index (χ0v) is 16.8. The molecule has 152 valence electrons. The summed E-state index contributed by atoms with van der Waals surface area (Å²) in [7, 11) is -3.78. The van der Waals surface area contributed by atoms with Crippen molar-refractivity contribution in [2.75, 3.05) is 23.7 Å². The Morgan fingerprint density at radius 2 is 1.76 bits per heavy atom. The van der Waals surface area contributed by atoms with Crippen LogP contribution in [0, 0.1) is 19.7 Å². The first-order valence-electron chi connectivity index (χ1n) is 8.86. The van der Waals surface area contributed by atoms with Gasteiger partial charge in [0.1, 0.15) is 29.1 Å². The van der Waals surface area contributed by atoms with Crippen LogP contribution in [0.1, 0.15) is 11.4 Å². The van der Waals surface area contributed by atoms with Crippen LogP contribution < -0.4 is 15.4 Å². The Balaban J connectivity index is 1.59. The van der Waals surface area contributed by atoms with E-state index in [1.165, 1.54) is 18.2 Å². The average molecular weight is 416 g/mol. The second-order valence-electron chi connectivity index (χ2n) is 6.31. The first-order valence-corrected chi connectivity index (χ1v) is 10.3. The van der Waals surface area contributed by atoms with Crippen LogP contribution in [0.2, 0.25) is 0 Å². The summed E-state index contributed by atoms with van der Waals surface area (Å²) in [6.07, 6.45) is 1.70. The fourth-order valence-corrected chi connectivity index (χ4v) is 3.61. The van der Waals surface area contributed by atoms with E-state index in [1.54, 1.807) is 19.2 Å². The van der Waals surface area contributed by atoms with Gasteiger partial charge in [-0.05, 0) is 49.7 Å². The SMILES string of the molecule is Cc1ccnc(Nc2cc(NCCNS(=O)(=O)c3cccc(F)c3)nc(C)n2)c1. The maximum atomic E-state index is 13.2. The maximum Gasteiger partial charge on any atom is 0.240 e. The molecule has 2 aromatic heterocycles. The summed E-state index contributed by atoms with van der Waals surface area (Å²) < 4.78 is 40.0. The van der Waals surface area contributed by atoms with E-state index in [2.05, 4.69) is 30.3 Å². The summed E-state index contributed by atoms with van der Waals surface area (Å²) in [6.45, 7) is 4.11. The third-order valence-corrected chi connectivity index (χ3v) is 5.30. The van der Waals surface area contributed by atoms with Gasteiger partial charge in [-0.2, -0.15) is 0 Å². The Hall–Kier alpha value is -3.11. The van der Waals surface area contributed by atoms with E-state index in [9.17, 15) is 12.8 Å². The lowest BCUT2D eigenvalue weighted by molar-refractivity contribution is 0.579. The standard InChI is InChI=1S/C19H21FN6O2S/c1-13-6-7-21-17(10-13)26-19-12-18(24-14(2)25-19)22-8-9-23-29(27,28)16-5-3-4-15(20)11-16/h3-7,10-12,23H,8-9H2,1-2H3,(H2,21,22,24,25,26). The molecule has 0 bridgehead atoms. The Morgan fingerprint density at radius 1 is 0.966 bits per heavy atom. The van der Waals surface area contributed by atoms with Crippen LogP contribution in [-0.4, -0.2) is 36.5 Å². The topological polar surface area (TPSA) is 109 Å². The Kier molecular flexibility index (Phi) is 6.35. The third kappa shape index (κ3) is 5.93. The highest BCUT2D eigenvalue weighted by atomic mass is 32.2. The number of nitrogens with zero attached hydrogens (tertiary/aromatic N) is 3. The van der Waals surface area contributed by atoms with Crippen molar-refractivity contribution in [2.45, 2.75) is 18.7 Å². The van der Waals surface area contributed by atoms with Crippen molar-refractivity contribution in [3.63, 3.8) is 0 Å². The summed E-state index contributed by atoms with van der Waals surface area (Å²) in [5.41, 5.74) is 1.07. The van der Waals surface area contributed by atoms with Crippen molar-refractivity contribution in [1.29, 1.82) is 0 Å². The van der Waals surface area contributed by atoms with E-state index in [0.29, 0.717) is 23.3 Å². The molecule has 0 aliphatic rings. The lowest BCUT2D eigenvalue weighted by Crippen LogP contribution is -2.29. The van der Waals surface area contributed by atoms with Gasteiger partial charge in [0.05, 0.1) is 4.90 Å². The second-order valence-corrected chi connectivity index (χ2v) is 8.08. The molecule has 0 spiro atoms. The number of halogens is 1. The minimum absolute atomic E-state index is 0.101. The second kappa shape index (κ2) is 8.93. The zero-order valence-electron chi connectivity index (χ0n) is 16.0. The smallest absolute Gasteiger partial charge is 0.240 e. The van der Waals surface area contributed by atoms with Crippen LogP contribution in [0.25, 0.3) is 0 Å². The van der Waals surface area contributed by atoms with Gasteiger partial charge in [0, 0.05) is 25.4 Å². The minimum atomic E-state index is -3.78. The molecule has 8 nitrogen and oxygen atoms in total. The molecule has 10 heteroatoms. The van der Waals surface area contributed by atoms with Crippen molar-refractivity contribution in [2.24, 2.45) is 0 Å². The number of sulfonamides is 1. The predicted octanol–water partition coefficient (Wildman–Crippen LogP) is 2.76. The van der Waals surface area contributed by atoms with E-state index in [1.807, 2.05) is 19.1 Å². The molecule has 0 aliphatic heterocycles. The van der Waals surface area contributed by atoms with Gasteiger partial charge in [-0.1, -0.05) is 6.07 Å². The number of hydrogen-bond acceptors (Lipinski definition) is 7.